The topological polar surface area (TPSA) is 115 Å². The molecule has 0 spiro atoms. The maximum absolute atomic E-state index is 12.9. The van der Waals surface area contributed by atoms with Crippen LogP contribution in [0.25, 0.3) is 0 Å². The molecule has 0 bridgehead atoms. The van der Waals surface area contributed by atoms with Crippen LogP contribution in [0.3, 0.4) is 0 Å². The van der Waals surface area contributed by atoms with Crippen molar-refractivity contribution in [2.24, 2.45) is 5.10 Å². The fraction of sp³-hybridized carbons (Fsp3) is 0.125. The van der Waals surface area contributed by atoms with E-state index in [-0.39, 0.29) is 17.2 Å². The fourth-order valence-corrected chi connectivity index (χ4v) is 3.95. The normalized spacial score (nSPS) is 10.6. The molecule has 4 rings (SSSR count). The average molecular weight is 586 g/mol. The lowest BCUT2D eigenvalue weighted by Crippen LogP contribution is -2.18. The number of rotatable bonds is 11. The molecule has 0 aliphatic heterocycles. The molecule has 0 atom stereocenters. The van der Waals surface area contributed by atoms with Crippen LogP contribution in [0.1, 0.15) is 50.5 Å². The van der Waals surface area contributed by atoms with Crippen LogP contribution in [0.2, 0.25) is 5.02 Å². The van der Waals surface area contributed by atoms with Gasteiger partial charge in [-0.05, 0) is 86.6 Å². The monoisotopic (exact) mass is 585 g/mol. The van der Waals surface area contributed by atoms with Gasteiger partial charge < -0.3 is 19.5 Å². The second-order valence-electron chi connectivity index (χ2n) is 8.70. The van der Waals surface area contributed by atoms with Crippen molar-refractivity contribution in [1.82, 2.24) is 5.43 Å². The Kier molecular flexibility index (Phi) is 10.3. The maximum atomic E-state index is 12.9. The van der Waals surface area contributed by atoms with E-state index >= 15 is 0 Å². The van der Waals surface area contributed by atoms with Gasteiger partial charge in [0.2, 0.25) is 0 Å². The number of halogens is 1. The van der Waals surface area contributed by atoms with Crippen LogP contribution in [-0.4, -0.2) is 37.2 Å². The second-order valence-corrected chi connectivity index (χ2v) is 9.13. The summed E-state index contributed by atoms with van der Waals surface area (Å²) in [6.45, 7) is 4.54. The highest BCUT2D eigenvalue weighted by Gasteiger charge is 2.16. The highest BCUT2D eigenvalue weighted by molar-refractivity contribution is 6.31. The van der Waals surface area contributed by atoms with E-state index in [1.165, 1.54) is 12.3 Å². The first kappa shape index (κ1) is 29.8. The van der Waals surface area contributed by atoms with E-state index in [1.54, 1.807) is 78.9 Å². The summed E-state index contributed by atoms with van der Waals surface area (Å²) in [6, 6.07) is 24.6. The summed E-state index contributed by atoms with van der Waals surface area (Å²) in [5.74, 6) is -0.218. The molecule has 10 heteroatoms. The Morgan fingerprint density at radius 1 is 0.738 bits per heavy atom. The van der Waals surface area contributed by atoms with E-state index in [9.17, 15) is 14.4 Å². The Bertz CT molecular complexity index is 1590. The molecule has 214 valence electrons. The largest absolute Gasteiger partial charge is 0.490 e. The Labute approximate surface area is 248 Å². The first-order valence-electron chi connectivity index (χ1n) is 13.1. The summed E-state index contributed by atoms with van der Waals surface area (Å²) in [7, 11) is 0. The van der Waals surface area contributed by atoms with E-state index in [0.29, 0.717) is 52.1 Å². The standard InChI is InChI=1S/C32H28ClN3O6/c1-3-40-28-16-12-23(19-29(28)41-4-2)32(39)42-27-17-13-25(33)18-24(27)20-34-36-31(38)22-10-14-26(15-11-22)35-30(37)21-8-6-5-7-9-21/h5-20H,3-4H2,1-2H3,(H,35,37)(H,36,38)/b34-20+. The number of esters is 1. The van der Waals surface area contributed by atoms with Gasteiger partial charge >= 0.3 is 5.97 Å². The molecule has 0 saturated heterocycles. The molecule has 0 saturated carbocycles. The number of amides is 2. The van der Waals surface area contributed by atoms with Gasteiger partial charge in [0.15, 0.2) is 11.5 Å². The van der Waals surface area contributed by atoms with Crippen LogP contribution >= 0.6 is 11.6 Å². The van der Waals surface area contributed by atoms with Crippen molar-refractivity contribution in [3.8, 4) is 17.2 Å². The first-order valence-corrected chi connectivity index (χ1v) is 13.5. The van der Waals surface area contributed by atoms with Crippen molar-refractivity contribution in [3.05, 3.63) is 118 Å². The van der Waals surface area contributed by atoms with Crippen molar-refractivity contribution in [2.75, 3.05) is 18.5 Å². The predicted molar refractivity (Wildman–Crippen MR) is 161 cm³/mol. The first-order chi connectivity index (χ1) is 20.4. The number of hydrogen-bond acceptors (Lipinski definition) is 7. The SMILES string of the molecule is CCOc1ccc(C(=O)Oc2ccc(Cl)cc2/C=N/NC(=O)c2ccc(NC(=O)c3ccccc3)cc2)cc1OCC. The number of nitrogens with one attached hydrogen (secondary N) is 2. The molecular formula is C32H28ClN3O6. The van der Waals surface area contributed by atoms with Gasteiger partial charge in [-0.1, -0.05) is 29.8 Å². The van der Waals surface area contributed by atoms with Crippen LogP contribution < -0.4 is 25.0 Å². The minimum absolute atomic E-state index is 0.188. The number of benzene rings is 4. The third kappa shape index (κ3) is 7.96. The lowest BCUT2D eigenvalue weighted by Gasteiger charge is -2.13. The highest BCUT2D eigenvalue weighted by atomic mass is 35.5. The number of hydrazone groups is 1. The molecule has 0 aromatic heterocycles. The van der Waals surface area contributed by atoms with E-state index in [0.717, 1.165) is 0 Å². The highest BCUT2D eigenvalue weighted by Crippen LogP contribution is 2.30. The van der Waals surface area contributed by atoms with Crippen molar-refractivity contribution in [3.63, 3.8) is 0 Å². The molecule has 4 aromatic carbocycles. The Morgan fingerprint density at radius 2 is 1.38 bits per heavy atom. The molecule has 0 radical (unpaired) electrons. The van der Waals surface area contributed by atoms with Crippen LogP contribution in [0.5, 0.6) is 17.2 Å². The number of anilines is 1. The van der Waals surface area contributed by atoms with Gasteiger partial charge in [-0.25, -0.2) is 10.2 Å². The zero-order valence-electron chi connectivity index (χ0n) is 22.9. The summed E-state index contributed by atoms with van der Waals surface area (Å²) in [6.07, 6.45) is 1.32. The predicted octanol–water partition coefficient (Wildman–Crippen LogP) is 6.37. The molecule has 42 heavy (non-hydrogen) atoms. The van der Waals surface area contributed by atoms with Gasteiger partial charge in [-0.3, -0.25) is 9.59 Å². The summed E-state index contributed by atoms with van der Waals surface area (Å²) in [4.78, 5) is 37.9. The van der Waals surface area contributed by atoms with Gasteiger partial charge in [0.25, 0.3) is 11.8 Å². The zero-order chi connectivity index (χ0) is 29.9. The van der Waals surface area contributed by atoms with Gasteiger partial charge in [0.1, 0.15) is 5.75 Å². The third-order valence-corrected chi connectivity index (χ3v) is 6.00. The van der Waals surface area contributed by atoms with Gasteiger partial charge in [-0.15, -0.1) is 0 Å². The van der Waals surface area contributed by atoms with Gasteiger partial charge in [-0.2, -0.15) is 5.10 Å². The summed E-state index contributed by atoms with van der Waals surface area (Å²) in [5, 5.41) is 7.16. The molecule has 2 amide bonds. The van der Waals surface area contributed by atoms with Gasteiger partial charge in [0, 0.05) is 27.4 Å². The quantitative estimate of drug-likeness (QED) is 0.0914. The van der Waals surface area contributed by atoms with Crippen molar-refractivity contribution in [2.45, 2.75) is 13.8 Å². The zero-order valence-corrected chi connectivity index (χ0v) is 23.7. The van der Waals surface area contributed by atoms with Crippen LogP contribution in [0.4, 0.5) is 5.69 Å². The van der Waals surface area contributed by atoms with Crippen LogP contribution in [-0.2, 0) is 0 Å². The maximum Gasteiger partial charge on any atom is 0.343 e. The third-order valence-electron chi connectivity index (χ3n) is 5.76. The summed E-state index contributed by atoms with van der Waals surface area (Å²) >= 11 is 6.15. The summed E-state index contributed by atoms with van der Waals surface area (Å²) < 4.78 is 16.7. The van der Waals surface area contributed by atoms with Crippen LogP contribution in [0, 0.1) is 0 Å². The van der Waals surface area contributed by atoms with Gasteiger partial charge in [0.05, 0.1) is 25.0 Å². The number of nitrogens with zero attached hydrogens (tertiary/aromatic N) is 1. The molecule has 9 nitrogen and oxygen atoms in total. The minimum Gasteiger partial charge on any atom is -0.490 e. The number of carbonyl (C=O) groups is 3. The number of carbonyl (C=O) groups excluding carboxylic acids is 3. The number of ether oxygens (including phenoxy) is 3. The Balaban J connectivity index is 1.40. The lowest BCUT2D eigenvalue weighted by molar-refractivity contribution is 0.0733. The summed E-state index contributed by atoms with van der Waals surface area (Å²) in [5.41, 5.74) is 4.44. The molecule has 4 aromatic rings. The molecule has 0 aliphatic carbocycles. The number of hydrogen-bond donors (Lipinski definition) is 2. The molecule has 2 N–H and O–H groups in total. The smallest absolute Gasteiger partial charge is 0.343 e. The molecular weight excluding hydrogens is 558 g/mol. The molecule has 0 unspecified atom stereocenters. The Hall–Kier alpha value is -5.15. The van der Waals surface area contributed by atoms with E-state index < -0.39 is 11.9 Å². The van der Waals surface area contributed by atoms with E-state index in [4.69, 9.17) is 25.8 Å². The van der Waals surface area contributed by atoms with Crippen molar-refractivity contribution >= 4 is 41.3 Å². The Morgan fingerprint density at radius 3 is 2.10 bits per heavy atom. The minimum atomic E-state index is -0.626. The van der Waals surface area contributed by atoms with Crippen LogP contribution in [0.15, 0.2) is 96.1 Å². The molecule has 0 fully saturated rings. The second kappa shape index (κ2) is 14.5. The molecule has 0 aliphatic rings. The van der Waals surface area contributed by atoms with E-state index in [2.05, 4.69) is 15.8 Å². The lowest BCUT2D eigenvalue weighted by atomic mass is 10.1. The van der Waals surface area contributed by atoms with Crippen molar-refractivity contribution < 1.29 is 28.6 Å². The van der Waals surface area contributed by atoms with Crippen molar-refractivity contribution in [1.29, 1.82) is 0 Å². The fourth-order valence-electron chi connectivity index (χ4n) is 3.77. The average Bonchev–Trinajstić information content (AvgIpc) is 3.00. The molecule has 0 heterocycles. The van der Waals surface area contributed by atoms with E-state index in [1.807, 2.05) is 19.9 Å².